The molecule has 2 rings (SSSR count). The number of ether oxygens (including phenoxy) is 2. The van der Waals surface area contributed by atoms with Crippen molar-refractivity contribution >= 4 is 17.8 Å². The van der Waals surface area contributed by atoms with Gasteiger partial charge in [-0.2, -0.15) is 0 Å². The molecule has 0 aliphatic carbocycles. The summed E-state index contributed by atoms with van der Waals surface area (Å²) < 4.78 is 19.2. The molecular formula is C19H25NO5. The van der Waals surface area contributed by atoms with Crippen molar-refractivity contribution in [3.63, 3.8) is 0 Å². The first-order valence-electron chi connectivity index (χ1n) is 8.82. The van der Waals surface area contributed by atoms with E-state index in [4.69, 9.17) is 10.8 Å². The molecule has 0 unspecified atom stereocenters. The van der Waals surface area contributed by atoms with Gasteiger partial charge in [0.25, 0.3) is 0 Å². The van der Waals surface area contributed by atoms with E-state index in [9.17, 15) is 14.4 Å². The Labute approximate surface area is 149 Å². The Morgan fingerprint density at radius 2 is 1.92 bits per heavy atom. The summed E-state index contributed by atoms with van der Waals surface area (Å²) >= 11 is 0. The van der Waals surface area contributed by atoms with Crippen LogP contribution in [0.5, 0.6) is 0 Å². The first-order chi connectivity index (χ1) is 12.1. The number of Topliss-reactive ketones (excluding diaryl/α,β-unsaturated/α-hetero) is 1. The predicted molar refractivity (Wildman–Crippen MR) is 91.5 cm³/mol. The van der Waals surface area contributed by atoms with Gasteiger partial charge in [0.05, 0.1) is 1.37 Å². The monoisotopic (exact) mass is 348 g/mol. The molecule has 0 N–H and O–H groups in total. The molecule has 0 aromatic heterocycles. The Hall–Kier alpha value is -2.37. The van der Waals surface area contributed by atoms with Gasteiger partial charge in [0.15, 0.2) is 6.23 Å². The first-order valence-corrected chi connectivity index (χ1v) is 8.32. The molecule has 0 bridgehead atoms. The largest absolute Gasteiger partial charge is 0.444 e. The second-order valence-electron chi connectivity index (χ2n) is 7.05. The van der Waals surface area contributed by atoms with Gasteiger partial charge in [0.1, 0.15) is 18.4 Å². The third-order valence-electron chi connectivity index (χ3n) is 3.88. The smallest absolute Gasteiger partial charge is 0.413 e. The molecule has 136 valence electrons. The van der Waals surface area contributed by atoms with Gasteiger partial charge in [0.2, 0.25) is 0 Å². The van der Waals surface area contributed by atoms with Crippen molar-refractivity contribution in [1.82, 2.24) is 4.90 Å². The number of hydrogen-bond donors (Lipinski definition) is 0. The summed E-state index contributed by atoms with van der Waals surface area (Å²) in [6.07, 6.45) is -2.09. The number of rotatable bonds is 5. The lowest BCUT2D eigenvalue weighted by atomic mass is 9.93. The van der Waals surface area contributed by atoms with E-state index in [0.717, 1.165) is 10.5 Å². The molecule has 6 heteroatoms. The van der Waals surface area contributed by atoms with Gasteiger partial charge >= 0.3 is 12.1 Å². The molecule has 1 heterocycles. The minimum atomic E-state index is -2.11. The number of ketones is 1. The molecule has 1 aliphatic rings. The molecule has 0 spiro atoms. The second-order valence-corrected chi connectivity index (χ2v) is 7.05. The van der Waals surface area contributed by atoms with E-state index < -0.39 is 36.1 Å². The summed E-state index contributed by atoms with van der Waals surface area (Å²) in [6.45, 7) is 7.01. The number of carbonyl (C=O) groups is 3. The van der Waals surface area contributed by atoms with Crippen LogP contribution in [0.25, 0.3) is 0 Å². The maximum Gasteiger partial charge on any atom is 0.413 e. The van der Waals surface area contributed by atoms with Gasteiger partial charge in [-0.15, -0.1) is 0 Å². The van der Waals surface area contributed by atoms with Crippen LogP contribution in [-0.4, -0.2) is 35.0 Å². The van der Waals surface area contributed by atoms with E-state index in [-0.39, 0.29) is 18.8 Å². The van der Waals surface area contributed by atoms with Crippen LogP contribution in [0.1, 0.15) is 47.5 Å². The second kappa shape index (κ2) is 7.68. The van der Waals surface area contributed by atoms with Crippen LogP contribution in [0.3, 0.4) is 0 Å². The highest BCUT2D eigenvalue weighted by molar-refractivity contribution is 5.90. The van der Waals surface area contributed by atoms with Gasteiger partial charge in [-0.05, 0) is 5.56 Å². The zero-order valence-corrected chi connectivity index (χ0v) is 15.1. The lowest BCUT2D eigenvalue weighted by Crippen LogP contribution is -2.48. The van der Waals surface area contributed by atoms with Gasteiger partial charge in [-0.1, -0.05) is 58.0 Å². The summed E-state index contributed by atoms with van der Waals surface area (Å²) in [5.41, 5.74) is 0.138. The SMILES string of the molecule is [2H][C@]1(CC(=O)CC)C(=O)O[C@@H](C(C)(C)C)N1C(=O)OCc1ccccc1. The van der Waals surface area contributed by atoms with E-state index >= 15 is 0 Å². The molecule has 1 aromatic rings. The maximum atomic E-state index is 12.7. The van der Waals surface area contributed by atoms with Crippen LogP contribution >= 0.6 is 0 Å². The van der Waals surface area contributed by atoms with Crippen molar-refractivity contribution in [2.45, 2.75) is 59.4 Å². The van der Waals surface area contributed by atoms with Crippen LogP contribution in [-0.2, 0) is 25.7 Å². The molecule has 0 saturated carbocycles. The normalized spacial score (nSPS) is 23.8. The van der Waals surface area contributed by atoms with Crippen molar-refractivity contribution in [3.8, 4) is 0 Å². The van der Waals surface area contributed by atoms with Crippen molar-refractivity contribution in [3.05, 3.63) is 35.9 Å². The number of cyclic esters (lactones) is 1. The number of benzene rings is 1. The third kappa shape index (κ3) is 4.59. The topological polar surface area (TPSA) is 72.9 Å². The minimum Gasteiger partial charge on any atom is -0.444 e. The van der Waals surface area contributed by atoms with Gasteiger partial charge < -0.3 is 9.47 Å². The van der Waals surface area contributed by atoms with E-state index in [1.807, 2.05) is 18.2 Å². The summed E-state index contributed by atoms with van der Waals surface area (Å²) in [5.74, 6) is -1.21. The van der Waals surface area contributed by atoms with Crippen LogP contribution < -0.4 is 0 Å². The zero-order chi connectivity index (χ0) is 19.5. The maximum absolute atomic E-state index is 12.7. The molecule has 6 nitrogen and oxygen atoms in total. The van der Waals surface area contributed by atoms with Gasteiger partial charge in [0, 0.05) is 18.3 Å². The number of esters is 1. The Balaban J connectivity index is 2.28. The predicted octanol–water partition coefficient (Wildman–Crippen LogP) is 3.29. The van der Waals surface area contributed by atoms with E-state index in [2.05, 4.69) is 0 Å². The van der Waals surface area contributed by atoms with E-state index in [0.29, 0.717) is 0 Å². The lowest BCUT2D eigenvalue weighted by molar-refractivity contribution is -0.147. The van der Waals surface area contributed by atoms with Crippen LogP contribution in [0.4, 0.5) is 4.79 Å². The fraction of sp³-hybridized carbons (Fsp3) is 0.526. The Kier molecular flexibility index (Phi) is 5.36. The van der Waals surface area contributed by atoms with Crippen molar-refractivity contribution in [1.29, 1.82) is 0 Å². The lowest BCUT2D eigenvalue weighted by Gasteiger charge is -2.33. The van der Waals surface area contributed by atoms with Crippen LogP contribution in [0, 0.1) is 5.41 Å². The molecule has 1 fully saturated rings. The highest BCUT2D eigenvalue weighted by atomic mass is 16.6. The Morgan fingerprint density at radius 3 is 2.48 bits per heavy atom. The van der Waals surface area contributed by atoms with E-state index in [1.165, 1.54) is 0 Å². The molecular weight excluding hydrogens is 322 g/mol. The fourth-order valence-corrected chi connectivity index (χ4v) is 2.49. The number of nitrogens with zero attached hydrogens (tertiary/aromatic N) is 1. The number of hydrogen-bond acceptors (Lipinski definition) is 5. The molecule has 25 heavy (non-hydrogen) atoms. The quantitative estimate of drug-likeness (QED) is 0.764. The third-order valence-corrected chi connectivity index (χ3v) is 3.88. The van der Waals surface area contributed by atoms with Crippen molar-refractivity contribution < 1.29 is 25.2 Å². The highest BCUT2D eigenvalue weighted by Crippen LogP contribution is 2.34. The summed E-state index contributed by atoms with van der Waals surface area (Å²) in [6, 6.07) is 6.97. The fourth-order valence-electron chi connectivity index (χ4n) is 2.49. The van der Waals surface area contributed by atoms with Crippen molar-refractivity contribution in [2.24, 2.45) is 5.41 Å². The molecule has 1 aliphatic heterocycles. The molecule has 2 atom stereocenters. The van der Waals surface area contributed by atoms with E-state index in [1.54, 1.807) is 39.8 Å². The van der Waals surface area contributed by atoms with Crippen molar-refractivity contribution in [2.75, 3.05) is 0 Å². The molecule has 1 saturated heterocycles. The zero-order valence-electron chi connectivity index (χ0n) is 16.1. The first kappa shape index (κ1) is 17.5. The summed E-state index contributed by atoms with van der Waals surface area (Å²) in [7, 11) is 0. The van der Waals surface area contributed by atoms with Crippen LogP contribution in [0.15, 0.2) is 30.3 Å². The average Bonchev–Trinajstić information content (AvgIpc) is 2.85. The van der Waals surface area contributed by atoms with Crippen LogP contribution in [0.2, 0.25) is 0 Å². The number of amides is 1. The number of carbonyl (C=O) groups excluding carboxylic acids is 3. The summed E-state index contributed by atoms with van der Waals surface area (Å²) in [5, 5.41) is 0. The molecule has 1 amide bonds. The summed E-state index contributed by atoms with van der Waals surface area (Å²) in [4.78, 5) is 38.0. The molecule has 0 radical (unpaired) electrons. The molecule has 1 aromatic carbocycles. The highest BCUT2D eigenvalue weighted by Gasteiger charge is 2.51. The Morgan fingerprint density at radius 1 is 1.28 bits per heavy atom. The standard InChI is InChI=1S/C19H25NO5/c1-5-14(21)11-15-16(22)25-17(19(2,3)4)20(15)18(23)24-12-13-9-7-6-8-10-13/h6-10,15,17H,5,11-12H2,1-4H3/t15-,17-/m0/s1/i15D. The van der Waals surface area contributed by atoms with Gasteiger partial charge in [-0.3, -0.25) is 9.69 Å². The van der Waals surface area contributed by atoms with Gasteiger partial charge in [-0.25, -0.2) is 9.59 Å². The Bertz CT molecular complexity index is 685. The minimum absolute atomic E-state index is 0.000961. The average molecular weight is 348 g/mol.